The van der Waals surface area contributed by atoms with Gasteiger partial charge in [0.1, 0.15) is 5.76 Å². The Morgan fingerprint density at radius 2 is 1.92 bits per heavy atom. The molecule has 1 aromatic rings. The largest absolute Gasteiger partial charge is 0.507 e. The van der Waals surface area contributed by atoms with Gasteiger partial charge in [-0.2, -0.15) is 0 Å². The molecule has 62 valence electrons. The molecule has 0 aliphatic carbocycles. The zero-order chi connectivity index (χ0) is 8.97. The van der Waals surface area contributed by atoms with Crippen LogP contribution in [0.25, 0.3) is 5.76 Å². The highest BCUT2D eigenvalue weighted by Crippen LogP contribution is 2.09. The highest BCUT2D eigenvalue weighted by molar-refractivity contribution is 5.93. The van der Waals surface area contributed by atoms with Crippen LogP contribution in [-0.4, -0.2) is 10.9 Å². The summed E-state index contributed by atoms with van der Waals surface area (Å²) in [5.74, 6) is -0.139. The molecule has 0 atom stereocenters. The lowest BCUT2D eigenvalue weighted by Crippen LogP contribution is -1.87. The molecule has 0 saturated carbocycles. The van der Waals surface area contributed by atoms with E-state index in [0.717, 1.165) is 0 Å². The second-order valence-electron chi connectivity index (χ2n) is 2.51. The van der Waals surface area contributed by atoms with E-state index < -0.39 is 0 Å². The Kier molecular flexibility index (Phi) is 2.64. The average molecular weight is 162 g/mol. The molecule has 0 aromatic heterocycles. The van der Waals surface area contributed by atoms with Crippen molar-refractivity contribution in [2.75, 3.05) is 0 Å². The van der Waals surface area contributed by atoms with Crippen LogP contribution in [0.2, 0.25) is 0 Å². The van der Waals surface area contributed by atoms with E-state index in [-0.39, 0.29) is 11.5 Å². The van der Waals surface area contributed by atoms with Gasteiger partial charge in [0.05, 0.1) is 0 Å². The molecule has 0 spiro atoms. The Morgan fingerprint density at radius 1 is 1.33 bits per heavy atom. The third-order valence-corrected chi connectivity index (χ3v) is 1.41. The molecule has 0 radical (unpaired) electrons. The van der Waals surface area contributed by atoms with E-state index in [1.165, 1.54) is 13.0 Å². The third kappa shape index (κ3) is 2.23. The maximum Gasteiger partial charge on any atom is 0.156 e. The monoisotopic (exact) mass is 162 g/mol. The SMILES string of the molecule is CC(=O)/C=C(/O)c1ccccc1. The summed E-state index contributed by atoms with van der Waals surface area (Å²) in [6, 6.07) is 8.95. The Morgan fingerprint density at radius 3 is 2.42 bits per heavy atom. The molecule has 0 aliphatic heterocycles. The lowest BCUT2D eigenvalue weighted by Gasteiger charge is -1.96. The molecule has 0 aliphatic rings. The smallest absolute Gasteiger partial charge is 0.156 e. The van der Waals surface area contributed by atoms with E-state index in [9.17, 15) is 9.90 Å². The fourth-order valence-corrected chi connectivity index (χ4v) is 0.885. The van der Waals surface area contributed by atoms with Crippen molar-refractivity contribution < 1.29 is 9.90 Å². The van der Waals surface area contributed by atoms with Crippen LogP contribution in [0.4, 0.5) is 0 Å². The van der Waals surface area contributed by atoms with Gasteiger partial charge in [0.15, 0.2) is 5.78 Å². The van der Waals surface area contributed by atoms with Gasteiger partial charge in [-0.1, -0.05) is 30.3 Å². The number of aliphatic hydroxyl groups excluding tert-OH is 1. The molecule has 0 saturated heterocycles. The minimum Gasteiger partial charge on any atom is -0.507 e. The van der Waals surface area contributed by atoms with Gasteiger partial charge in [0, 0.05) is 11.6 Å². The summed E-state index contributed by atoms with van der Waals surface area (Å²) in [4.78, 5) is 10.6. The van der Waals surface area contributed by atoms with E-state index in [2.05, 4.69) is 0 Å². The van der Waals surface area contributed by atoms with Gasteiger partial charge >= 0.3 is 0 Å². The number of allylic oxidation sites excluding steroid dienone is 1. The van der Waals surface area contributed by atoms with Gasteiger partial charge in [-0.05, 0) is 6.92 Å². The Balaban J connectivity index is 2.93. The van der Waals surface area contributed by atoms with E-state index >= 15 is 0 Å². The van der Waals surface area contributed by atoms with E-state index in [1.807, 2.05) is 6.07 Å². The maximum absolute atomic E-state index is 10.6. The van der Waals surface area contributed by atoms with Crippen LogP contribution in [0.3, 0.4) is 0 Å². The molecule has 2 heteroatoms. The molecule has 0 bridgehead atoms. The predicted octanol–water partition coefficient (Wildman–Crippen LogP) is 2.17. The van der Waals surface area contributed by atoms with Crippen molar-refractivity contribution >= 4 is 11.5 Å². The van der Waals surface area contributed by atoms with Crippen LogP contribution in [0, 0.1) is 0 Å². The molecule has 12 heavy (non-hydrogen) atoms. The quantitative estimate of drug-likeness (QED) is 0.534. The van der Waals surface area contributed by atoms with Gasteiger partial charge < -0.3 is 5.11 Å². The number of hydrogen-bond acceptors (Lipinski definition) is 2. The zero-order valence-electron chi connectivity index (χ0n) is 6.82. The van der Waals surface area contributed by atoms with Crippen molar-refractivity contribution in [3.8, 4) is 0 Å². The molecule has 1 N–H and O–H groups in total. The minimum atomic E-state index is -0.156. The van der Waals surface area contributed by atoms with Crippen LogP contribution >= 0.6 is 0 Å². The van der Waals surface area contributed by atoms with Gasteiger partial charge in [-0.25, -0.2) is 0 Å². The van der Waals surface area contributed by atoms with Crippen LogP contribution in [-0.2, 0) is 4.79 Å². The van der Waals surface area contributed by atoms with Crippen molar-refractivity contribution in [1.82, 2.24) is 0 Å². The Hall–Kier alpha value is -1.57. The molecule has 1 rings (SSSR count). The molecule has 2 nitrogen and oxygen atoms in total. The predicted molar refractivity (Wildman–Crippen MR) is 47.7 cm³/mol. The summed E-state index contributed by atoms with van der Waals surface area (Å²) < 4.78 is 0. The molecule has 0 amide bonds. The summed E-state index contributed by atoms with van der Waals surface area (Å²) in [7, 11) is 0. The van der Waals surface area contributed by atoms with Crippen molar-refractivity contribution in [2.45, 2.75) is 6.92 Å². The molecule has 1 aromatic carbocycles. The van der Waals surface area contributed by atoms with Crippen LogP contribution in [0.1, 0.15) is 12.5 Å². The van der Waals surface area contributed by atoms with Crippen molar-refractivity contribution in [1.29, 1.82) is 0 Å². The zero-order valence-corrected chi connectivity index (χ0v) is 6.82. The van der Waals surface area contributed by atoms with E-state index in [4.69, 9.17) is 0 Å². The first kappa shape index (κ1) is 8.53. The summed E-state index contributed by atoms with van der Waals surface area (Å²) in [5, 5.41) is 9.33. The molecule has 0 heterocycles. The summed E-state index contributed by atoms with van der Waals surface area (Å²) in [6.45, 7) is 1.40. The number of rotatable bonds is 2. The normalized spacial score (nSPS) is 11.2. The number of aliphatic hydroxyl groups is 1. The van der Waals surface area contributed by atoms with Crippen LogP contribution < -0.4 is 0 Å². The molecule has 0 unspecified atom stereocenters. The first-order chi connectivity index (χ1) is 5.70. The van der Waals surface area contributed by atoms with Gasteiger partial charge in [-0.3, -0.25) is 4.79 Å². The summed E-state index contributed by atoms with van der Waals surface area (Å²) in [5.41, 5.74) is 0.660. The summed E-state index contributed by atoms with van der Waals surface area (Å²) >= 11 is 0. The van der Waals surface area contributed by atoms with Gasteiger partial charge in [0.25, 0.3) is 0 Å². The maximum atomic E-state index is 10.6. The molecule has 0 fully saturated rings. The average Bonchev–Trinajstić information content (AvgIpc) is 2.05. The second-order valence-corrected chi connectivity index (χ2v) is 2.51. The van der Waals surface area contributed by atoms with Crippen molar-refractivity contribution in [3.63, 3.8) is 0 Å². The number of carbonyl (C=O) groups excluding carboxylic acids is 1. The number of carbonyl (C=O) groups is 1. The molecular weight excluding hydrogens is 152 g/mol. The van der Waals surface area contributed by atoms with Gasteiger partial charge in [0.2, 0.25) is 0 Å². The number of hydrogen-bond donors (Lipinski definition) is 1. The minimum absolute atomic E-state index is 0.0168. The van der Waals surface area contributed by atoms with E-state index in [1.54, 1.807) is 24.3 Å². The third-order valence-electron chi connectivity index (χ3n) is 1.41. The fraction of sp³-hybridized carbons (Fsp3) is 0.100. The number of ketones is 1. The lowest BCUT2D eigenvalue weighted by molar-refractivity contribution is -0.112. The Bertz CT molecular complexity index is 299. The highest BCUT2D eigenvalue weighted by atomic mass is 16.3. The first-order valence-electron chi connectivity index (χ1n) is 3.67. The standard InChI is InChI=1S/C10H10O2/c1-8(11)7-10(12)9-5-3-2-4-6-9/h2-7,12H,1H3/b10-7+. The fourth-order valence-electron chi connectivity index (χ4n) is 0.885. The van der Waals surface area contributed by atoms with E-state index in [0.29, 0.717) is 5.56 Å². The topological polar surface area (TPSA) is 37.3 Å². The van der Waals surface area contributed by atoms with Crippen molar-refractivity contribution in [2.24, 2.45) is 0 Å². The van der Waals surface area contributed by atoms with Crippen molar-refractivity contribution in [3.05, 3.63) is 42.0 Å². The molecular formula is C10H10O2. The number of benzene rings is 1. The second kappa shape index (κ2) is 3.72. The van der Waals surface area contributed by atoms with Crippen LogP contribution in [0.15, 0.2) is 36.4 Å². The highest BCUT2D eigenvalue weighted by Gasteiger charge is 1.97. The van der Waals surface area contributed by atoms with Gasteiger partial charge in [-0.15, -0.1) is 0 Å². The summed E-state index contributed by atoms with van der Waals surface area (Å²) in [6.07, 6.45) is 1.20. The van der Waals surface area contributed by atoms with Crippen LogP contribution in [0.5, 0.6) is 0 Å². The Labute approximate surface area is 71.2 Å². The lowest BCUT2D eigenvalue weighted by atomic mass is 10.1. The first-order valence-corrected chi connectivity index (χ1v) is 3.67.